The number of amides is 1. The maximum atomic E-state index is 12.5. The Morgan fingerprint density at radius 2 is 1.72 bits per heavy atom. The summed E-state index contributed by atoms with van der Waals surface area (Å²) in [6, 6.07) is 6.79. The number of carbonyl (C=O) groups is 1. The highest BCUT2D eigenvalue weighted by atomic mass is 16.5. The normalized spacial score (nSPS) is 11.0. The number of hydrogen-bond donors (Lipinski definition) is 2. The zero-order chi connectivity index (χ0) is 18.6. The molecule has 2 aromatic rings. The summed E-state index contributed by atoms with van der Waals surface area (Å²) in [4.78, 5) is 21.1. The van der Waals surface area contributed by atoms with Gasteiger partial charge in [-0.25, -0.2) is 9.97 Å². The van der Waals surface area contributed by atoms with Crippen molar-refractivity contribution in [2.45, 2.75) is 33.2 Å². The predicted octanol–water partition coefficient (Wildman–Crippen LogP) is 3.26. The number of rotatable bonds is 5. The monoisotopic (exact) mass is 344 g/mol. The van der Waals surface area contributed by atoms with Crippen LogP contribution in [0.5, 0.6) is 11.5 Å². The molecule has 1 aromatic heterocycles. The Kier molecular flexibility index (Phi) is 5.46. The van der Waals surface area contributed by atoms with Crippen molar-refractivity contribution in [2.24, 2.45) is 0 Å². The Hall–Kier alpha value is -2.83. The van der Waals surface area contributed by atoms with Crippen molar-refractivity contribution in [3.8, 4) is 11.5 Å². The molecule has 25 heavy (non-hydrogen) atoms. The van der Waals surface area contributed by atoms with Crippen LogP contribution in [0, 0.1) is 6.92 Å². The van der Waals surface area contributed by atoms with Gasteiger partial charge in [0.05, 0.1) is 14.2 Å². The molecule has 7 heteroatoms. The SMILES string of the molecule is COc1ccc(NC(=O)c2cc(NC(C)(C)C)nc(C)n2)cc1OC. The van der Waals surface area contributed by atoms with Crippen LogP contribution in [0.4, 0.5) is 11.5 Å². The first-order valence-corrected chi connectivity index (χ1v) is 7.89. The number of carbonyl (C=O) groups excluding carboxylic acids is 1. The molecule has 0 atom stereocenters. The fourth-order valence-corrected chi connectivity index (χ4v) is 2.24. The van der Waals surface area contributed by atoms with E-state index in [9.17, 15) is 4.79 Å². The highest BCUT2D eigenvalue weighted by Gasteiger charge is 2.15. The zero-order valence-corrected chi connectivity index (χ0v) is 15.4. The van der Waals surface area contributed by atoms with E-state index in [2.05, 4.69) is 20.6 Å². The van der Waals surface area contributed by atoms with E-state index in [1.54, 1.807) is 45.4 Å². The van der Waals surface area contributed by atoms with Crippen LogP contribution < -0.4 is 20.1 Å². The first-order valence-electron chi connectivity index (χ1n) is 7.89. The largest absolute Gasteiger partial charge is 0.493 e. The van der Waals surface area contributed by atoms with E-state index in [4.69, 9.17) is 9.47 Å². The molecule has 1 amide bonds. The molecule has 0 radical (unpaired) electrons. The molecule has 0 saturated carbocycles. The van der Waals surface area contributed by atoms with Crippen molar-refractivity contribution >= 4 is 17.4 Å². The van der Waals surface area contributed by atoms with E-state index < -0.39 is 0 Å². The van der Waals surface area contributed by atoms with Gasteiger partial charge in [-0.1, -0.05) is 0 Å². The van der Waals surface area contributed by atoms with Crippen LogP contribution in [0.15, 0.2) is 24.3 Å². The minimum absolute atomic E-state index is 0.169. The molecule has 7 nitrogen and oxygen atoms in total. The van der Waals surface area contributed by atoms with E-state index in [1.165, 1.54) is 0 Å². The summed E-state index contributed by atoms with van der Waals surface area (Å²) >= 11 is 0. The topological polar surface area (TPSA) is 85.4 Å². The van der Waals surface area contributed by atoms with Crippen LogP contribution in [-0.2, 0) is 0 Å². The molecule has 0 saturated heterocycles. The summed E-state index contributed by atoms with van der Waals surface area (Å²) in [5, 5.41) is 6.06. The van der Waals surface area contributed by atoms with Crippen molar-refractivity contribution in [1.29, 1.82) is 0 Å². The van der Waals surface area contributed by atoms with Gasteiger partial charge in [0, 0.05) is 23.4 Å². The van der Waals surface area contributed by atoms with Crippen LogP contribution in [-0.4, -0.2) is 35.6 Å². The van der Waals surface area contributed by atoms with E-state index in [0.717, 1.165) is 0 Å². The van der Waals surface area contributed by atoms with Crippen molar-refractivity contribution in [3.63, 3.8) is 0 Å². The van der Waals surface area contributed by atoms with E-state index in [1.807, 2.05) is 20.8 Å². The third-order valence-corrected chi connectivity index (χ3v) is 3.22. The van der Waals surface area contributed by atoms with Gasteiger partial charge in [0.25, 0.3) is 5.91 Å². The van der Waals surface area contributed by atoms with Crippen LogP contribution in [0.3, 0.4) is 0 Å². The molecular formula is C18H24N4O3. The molecule has 0 aliphatic rings. The number of nitrogens with zero attached hydrogens (tertiary/aromatic N) is 2. The van der Waals surface area contributed by atoms with E-state index in [0.29, 0.717) is 28.8 Å². The summed E-state index contributed by atoms with van der Waals surface area (Å²) in [5.41, 5.74) is 0.705. The summed E-state index contributed by atoms with van der Waals surface area (Å²) in [5.74, 6) is 1.93. The fraction of sp³-hybridized carbons (Fsp3) is 0.389. The lowest BCUT2D eigenvalue weighted by atomic mass is 10.1. The quantitative estimate of drug-likeness (QED) is 0.866. The Morgan fingerprint density at radius 3 is 2.32 bits per heavy atom. The van der Waals surface area contributed by atoms with Crippen molar-refractivity contribution in [2.75, 3.05) is 24.9 Å². The van der Waals surface area contributed by atoms with Gasteiger partial charge in [-0.2, -0.15) is 0 Å². The van der Waals surface area contributed by atoms with Gasteiger partial charge in [0.1, 0.15) is 17.3 Å². The van der Waals surface area contributed by atoms with Crippen LogP contribution in [0.1, 0.15) is 37.1 Å². The van der Waals surface area contributed by atoms with Crippen LogP contribution in [0.2, 0.25) is 0 Å². The third kappa shape index (κ3) is 5.07. The first kappa shape index (κ1) is 18.5. The standard InChI is InChI=1S/C18H24N4O3/c1-11-19-13(10-16(20-11)22-18(2,3)4)17(23)21-12-7-8-14(24-5)15(9-12)25-6/h7-10H,1-6H3,(H,21,23)(H,19,20,22). The lowest BCUT2D eigenvalue weighted by Gasteiger charge is -2.21. The highest BCUT2D eigenvalue weighted by Crippen LogP contribution is 2.29. The molecule has 0 aliphatic heterocycles. The van der Waals surface area contributed by atoms with Gasteiger partial charge in [-0.05, 0) is 39.8 Å². The molecule has 1 heterocycles. The van der Waals surface area contributed by atoms with Crippen molar-refractivity contribution in [1.82, 2.24) is 9.97 Å². The Bertz CT molecular complexity index is 769. The third-order valence-electron chi connectivity index (χ3n) is 3.22. The first-order chi connectivity index (χ1) is 11.7. The summed E-state index contributed by atoms with van der Waals surface area (Å²) < 4.78 is 10.4. The van der Waals surface area contributed by atoms with Crippen LogP contribution >= 0.6 is 0 Å². The van der Waals surface area contributed by atoms with E-state index in [-0.39, 0.29) is 17.1 Å². The molecule has 0 fully saturated rings. The lowest BCUT2D eigenvalue weighted by molar-refractivity contribution is 0.102. The minimum Gasteiger partial charge on any atom is -0.493 e. The molecule has 0 spiro atoms. The fourth-order valence-electron chi connectivity index (χ4n) is 2.24. The molecule has 0 unspecified atom stereocenters. The lowest BCUT2D eigenvalue weighted by Crippen LogP contribution is -2.27. The summed E-state index contributed by atoms with van der Waals surface area (Å²) in [6.07, 6.45) is 0. The summed E-state index contributed by atoms with van der Waals surface area (Å²) in [6.45, 7) is 7.82. The van der Waals surface area contributed by atoms with Gasteiger partial charge < -0.3 is 20.1 Å². The number of benzene rings is 1. The Balaban J connectivity index is 2.23. The second-order valence-electron chi connectivity index (χ2n) is 6.58. The maximum absolute atomic E-state index is 12.5. The number of aryl methyl sites for hydroxylation is 1. The second-order valence-corrected chi connectivity index (χ2v) is 6.58. The number of anilines is 2. The smallest absolute Gasteiger partial charge is 0.274 e. The van der Waals surface area contributed by atoms with Gasteiger partial charge in [0.2, 0.25) is 0 Å². The maximum Gasteiger partial charge on any atom is 0.274 e. The number of hydrogen-bond acceptors (Lipinski definition) is 6. The zero-order valence-electron chi connectivity index (χ0n) is 15.4. The van der Waals surface area contributed by atoms with Gasteiger partial charge in [-0.3, -0.25) is 4.79 Å². The summed E-state index contributed by atoms with van der Waals surface area (Å²) in [7, 11) is 3.10. The number of nitrogens with one attached hydrogen (secondary N) is 2. The predicted molar refractivity (Wildman–Crippen MR) is 97.6 cm³/mol. The molecule has 0 aliphatic carbocycles. The molecule has 2 N–H and O–H groups in total. The second kappa shape index (κ2) is 7.38. The Morgan fingerprint density at radius 1 is 1.04 bits per heavy atom. The van der Waals surface area contributed by atoms with Crippen molar-refractivity contribution < 1.29 is 14.3 Å². The average molecular weight is 344 g/mol. The highest BCUT2D eigenvalue weighted by molar-refractivity contribution is 6.03. The number of ether oxygens (including phenoxy) is 2. The molecule has 134 valence electrons. The molecule has 1 aromatic carbocycles. The van der Waals surface area contributed by atoms with Gasteiger partial charge in [-0.15, -0.1) is 0 Å². The number of methoxy groups -OCH3 is 2. The minimum atomic E-state index is -0.324. The molecule has 2 rings (SSSR count). The van der Waals surface area contributed by atoms with Gasteiger partial charge in [0.15, 0.2) is 11.5 Å². The average Bonchev–Trinajstić information content (AvgIpc) is 2.52. The molecule has 0 bridgehead atoms. The van der Waals surface area contributed by atoms with Crippen molar-refractivity contribution in [3.05, 3.63) is 35.8 Å². The molecular weight excluding hydrogens is 320 g/mol. The van der Waals surface area contributed by atoms with E-state index >= 15 is 0 Å². The van der Waals surface area contributed by atoms with Crippen LogP contribution in [0.25, 0.3) is 0 Å². The van der Waals surface area contributed by atoms with Gasteiger partial charge >= 0.3 is 0 Å². The number of aromatic nitrogens is 2. The Labute approximate surface area is 147 Å².